The molecule has 100 valence electrons. The fourth-order valence-electron chi connectivity index (χ4n) is 2.69. The Kier molecular flexibility index (Phi) is 5.72. The Labute approximate surface area is 108 Å². The minimum absolute atomic E-state index is 0.0393. The summed E-state index contributed by atoms with van der Waals surface area (Å²) in [5.41, 5.74) is 1.28. The lowest BCUT2D eigenvalue weighted by atomic mass is 9.77. The lowest BCUT2D eigenvalue weighted by molar-refractivity contribution is 0.00694. The highest BCUT2D eigenvalue weighted by Gasteiger charge is 2.23. The van der Waals surface area contributed by atoms with Gasteiger partial charge in [0.25, 0.3) is 0 Å². The first kappa shape index (κ1) is 14.8. The monoisotopic (exact) mass is 238 g/mol. The van der Waals surface area contributed by atoms with E-state index in [1.165, 1.54) is 44.1 Å². The van der Waals surface area contributed by atoms with Crippen LogP contribution in [0.15, 0.2) is 12.2 Å². The zero-order valence-electron chi connectivity index (χ0n) is 12.2. The van der Waals surface area contributed by atoms with E-state index in [-0.39, 0.29) is 5.60 Å². The van der Waals surface area contributed by atoms with Crippen molar-refractivity contribution < 1.29 is 4.74 Å². The van der Waals surface area contributed by atoms with E-state index in [0.29, 0.717) is 5.92 Å². The van der Waals surface area contributed by atoms with Gasteiger partial charge in [-0.25, -0.2) is 0 Å². The Morgan fingerprint density at radius 3 is 2.24 bits per heavy atom. The second-order valence-corrected chi connectivity index (χ2v) is 6.57. The first-order valence-corrected chi connectivity index (χ1v) is 7.24. The van der Waals surface area contributed by atoms with Crippen molar-refractivity contribution in [1.82, 2.24) is 0 Å². The van der Waals surface area contributed by atoms with Gasteiger partial charge in [-0.2, -0.15) is 0 Å². The highest BCUT2D eigenvalue weighted by atomic mass is 16.5. The van der Waals surface area contributed by atoms with Gasteiger partial charge in [-0.3, -0.25) is 0 Å². The molecule has 0 aromatic carbocycles. The molecule has 1 aliphatic rings. The van der Waals surface area contributed by atoms with Crippen molar-refractivity contribution in [2.45, 2.75) is 71.8 Å². The molecule has 0 aromatic heterocycles. The van der Waals surface area contributed by atoms with E-state index < -0.39 is 0 Å². The fraction of sp³-hybridized carbons (Fsp3) is 0.875. The summed E-state index contributed by atoms with van der Waals surface area (Å²) in [7, 11) is 0. The molecule has 0 amide bonds. The van der Waals surface area contributed by atoms with Gasteiger partial charge >= 0.3 is 0 Å². The molecule has 0 spiro atoms. The van der Waals surface area contributed by atoms with Gasteiger partial charge in [-0.15, -0.1) is 0 Å². The maximum absolute atomic E-state index is 5.82. The standard InChI is InChI=1S/C16H30O/c1-6-7-14-8-10-15(11-9-14)13(2)12-17-16(3,4)5/h14-15H,2,6-12H2,1,3-5H3. The summed E-state index contributed by atoms with van der Waals surface area (Å²) in [5, 5.41) is 0. The van der Waals surface area contributed by atoms with Crippen LogP contribution in [0.1, 0.15) is 66.2 Å². The maximum Gasteiger partial charge on any atom is 0.0684 e. The summed E-state index contributed by atoms with van der Waals surface area (Å²) in [6.07, 6.45) is 8.20. The molecular formula is C16H30O. The topological polar surface area (TPSA) is 9.23 Å². The van der Waals surface area contributed by atoms with Gasteiger partial charge in [0.15, 0.2) is 0 Å². The SMILES string of the molecule is C=C(COC(C)(C)C)C1CCC(CCC)CC1. The van der Waals surface area contributed by atoms with Crippen molar-refractivity contribution in [3.05, 3.63) is 12.2 Å². The van der Waals surface area contributed by atoms with Crippen LogP contribution in [-0.2, 0) is 4.74 Å². The van der Waals surface area contributed by atoms with Gasteiger partial charge in [-0.05, 0) is 63.9 Å². The van der Waals surface area contributed by atoms with E-state index in [9.17, 15) is 0 Å². The van der Waals surface area contributed by atoms with Crippen LogP contribution in [0, 0.1) is 11.8 Å². The lowest BCUT2D eigenvalue weighted by Crippen LogP contribution is -2.24. The molecule has 1 rings (SSSR count). The van der Waals surface area contributed by atoms with Crippen LogP contribution < -0.4 is 0 Å². The van der Waals surface area contributed by atoms with E-state index in [0.717, 1.165) is 12.5 Å². The molecule has 0 aliphatic heterocycles. The van der Waals surface area contributed by atoms with Gasteiger partial charge in [0, 0.05) is 0 Å². The summed E-state index contributed by atoms with van der Waals surface area (Å²) in [4.78, 5) is 0. The average molecular weight is 238 g/mol. The van der Waals surface area contributed by atoms with Crippen molar-refractivity contribution in [1.29, 1.82) is 0 Å². The molecule has 0 heterocycles. The van der Waals surface area contributed by atoms with Gasteiger partial charge in [0.05, 0.1) is 12.2 Å². The lowest BCUT2D eigenvalue weighted by Gasteiger charge is -2.31. The molecule has 0 aromatic rings. The highest BCUT2D eigenvalue weighted by Crippen LogP contribution is 2.35. The van der Waals surface area contributed by atoms with Gasteiger partial charge in [0.2, 0.25) is 0 Å². The number of hydrogen-bond donors (Lipinski definition) is 0. The molecule has 0 saturated heterocycles. The van der Waals surface area contributed by atoms with Crippen LogP contribution in [-0.4, -0.2) is 12.2 Å². The van der Waals surface area contributed by atoms with Crippen LogP contribution >= 0.6 is 0 Å². The maximum atomic E-state index is 5.82. The summed E-state index contributed by atoms with van der Waals surface area (Å²) in [6.45, 7) is 13.6. The predicted octanol–water partition coefficient (Wildman–Crippen LogP) is 4.96. The highest BCUT2D eigenvalue weighted by molar-refractivity contribution is 5.03. The molecule has 0 unspecified atom stereocenters. The van der Waals surface area contributed by atoms with Gasteiger partial charge in [-0.1, -0.05) is 26.3 Å². The van der Waals surface area contributed by atoms with Crippen LogP contribution in [0.5, 0.6) is 0 Å². The third-order valence-electron chi connectivity index (χ3n) is 3.81. The molecule has 0 atom stereocenters. The second-order valence-electron chi connectivity index (χ2n) is 6.57. The summed E-state index contributed by atoms with van der Waals surface area (Å²) >= 11 is 0. The van der Waals surface area contributed by atoms with Crippen LogP contribution in [0.4, 0.5) is 0 Å². The molecule has 0 radical (unpaired) electrons. The predicted molar refractivity (Wildman–Crippen MR) is 75.2 cm³/mol. The summed E-state index contributed by atoms with van der Waals surface area (Å²) < 4.78 is 5.82. The van der Waals surface area contributed by atoms with Gasteiger partial charge < -0.3 is 4.74 Å². The average Bonchev–Trinajstić information content (AvgIpc) is 2.26. The Morgan fingerprint density at radius 1 is 1.18 bits per heavy atom. The second kappa shape index (κ2) is 6.58. The Morgan fingerprint density at radius 2 is 1.76 bits per heavy atom. The zero-order valence-corrected chi connectivity index (χ0v) is 12.2. The van der Waals surface area contributed by atoms with Crippen molar-refractivity contribution in [3.63, 3.8) is 0 Å². The molecule has 1 nitrogen and oxygen atoms in total. The van der Waals surface area contributed by atoms with Crippen molar-refractivity contribution in [2.24, 2.45) is 11.8 Å². The third kappa shape index (κ3) is 5.72. The molecule has 0 bridgehead atoms. The number of ether oxygens (including phenoxy) is 1. The third-order valence-corrected chi connectivity index (χ3v) is 3.81. The molecule has 1 heteroatoms. The largest absolute Gasteiger partial charge is 0.372 e. The summed E-state index contributed by atoms with van der Waals surface area (Å²) in [6, 6.07) is 0. The van der Waals surface area contributed by atoms with E-state index in [2.05, 4.69) is 34.3 Å². The molecule has 17 heavy (non-hydrogen) atoms. The zero-order chi connectivity index (χ0) is 12.9. The molecule has 1 aliphatic carbocycles. The summed E-state index contributed by atoms with van der Waals surface area (Å²) in [5.74, 6) is 1.69. The van der Waals surface area contributed by atoms with Crippen LogP contribution in [0.25, 0.3) is 0 Å². The molecular weight excluding hydrogens is 208 g/mol. The number of hydrogen-bond acceptors (Lipinski definition) is 1. The van der Waals surface area contributed by atoms with Crippen molar-refractivity contribution in [2.75, 3.05) is 6.61 Å². The Bertz CT molecular complexity index is 228. The normalized spacial score (nSPS) is 25.9. The smallest absolute Gasteiger partial charge is 0.0684 e. The van der Waals surface area contributed by atoms with E-state index in [1.807, 2.05) is 0 Å². The quantitative estimate of drug-likeness (QED) is 0.615. The van der Waals surface area contributed by atoms with Crippen molar-refractivity contribution >= 4 is 0 Å². The first-order chi connectivity index (χ1) is 7.92. The first-order valence-electron chi connectivity index (χ1n) is 7.24. The molecule has 0 N–H and O–H groups in total. The Hall–Kier alpha value is -0.300. The van der Waals surface area contributed by atoms with E-state index in [4.69, 9.17) is 4.74 Å². The minimum Gasteiger partial charge on any atom is -0.372 e. The van der Waals surface area contributed by atoms with Crippen LogP contribution in [0.2, 0.25) is 0 Å². The Balaban J connectivity index is 2.26. The van der Waals surface area contributed by atoms with E-state index in [1.54, 1.807) is 0 Å². The van der Waals surface area contributed by atoms with Crippen molar-refractivity contribution in [3.8, 4) is 0 Å². The molecule has 1 saturated carbocycles. The van der Waals surface area contributed by atoms with Gasteiger partial charge in [0.1, 0.15) is 0 Å². The fourth-order valence-corrected chi connectivity index (χ4v) is 2.69. The van der Waals surface area contributed by atoms with Crippen LogP contribution in [0.3, 0.4) is 0 Å². The van der Waals surface area contributed by atoms with E-state index >= 15 is 0 Å². The molecule has 1 fully saturated rings. The number of rotatable bonds is 5. The minimum atomic E-state index is -0.0393.